The quantitative estimate of drug-likeness (QED) is 0.302. The van der Waals surface area contributed by atoms with Gasteiger partial charge < -0.3 is 24.4 Å². The first-order valence-corrected chi connectivity index (χ1v) is 11.2. The highest BCUT2D eigenvalue weighted by Crippen LogP contribution is 2.37. The highest BCUT2D eigenvalue weighted by Gasteiger charge is 2.19. The van der Waals surface area contributed by atoms with Gasteiger partial charge >= 0.3 is 5.97 Å². The van der Waals surface area contributed by atoms with Crippen LogP contribution in [0.3, 0.4) is 0 Å². The van der Waals surface area contributed by atoms with Crippen molar-refractivity contribution < 1.29 is 34.0 Å². The van der Waals surface area contributed by atoms with E-state index < -0.39 is 5.97 Å². The first kappa shape index (κ1) is 26.0. The number of aromatic hydroxyl groups is 1. The predicted molar refractivity (Wildman–Crippen MR) is 126 cm³/mol. The lowest BCUT2D eigenvalue weighted by Crippen LogP contribution is -2.07. The van der Waals surface area contributed by atoms with E-state index in [-0.39, 0.29) is 17.1 Å². The second-order valence-electron chi connectivity index (χ2n) is 8.01. The topological polar surface area (TPSA) is 102 Å². The number of carboxylic acid groups (broad SMARTS) is 1. The predicted octanol–water partition coefficient (Wildman–Crippen LogP) is 5.50. The minimum Gasteiger partial charge on any atom is -0.507 e. The Bertz CT molecular complexity index is 995. The Labute approximate surface area is 195 Å². The zero-order valence-corrected chi connectivity index (χ0v) is 20.1. The van der Waals surface area contributed by atoms with Crippen molar-refractivity contribution in [3.05, 3.63) is 46.0 Å². The van der Waals surface area contributed by atoms with E-state index in [1.54, 1.807) is 20.3 Å². The number of unbranched alkanes of at least 4 members (excludes halogenated alkanes) is 2. The van der Waals surface area contributed by atoms with Crippen molar-refractivity contribution in [1.82, 2.24) is 0 Å². The summed E-state index contributed by atoms with van der Waals surface area (Å²) in [6.07, 6.45) is 3.97. The van der Waals surface area contributed by atoms with Crippen LogP contribution in [0.1, 0.15) is 76.4 Å². The molecular weight excluding hydrogens is 424 g/mol. The van der Waals surface area contributed by atoms with E-state index in [9.17, 15) is 19.8 Å². The molecule has 0 spiro atoms. The van der Waals surface area contributed by atoms with Crippen molar-refractivity contribution in [3.63, 3.8) is 0 Å². The number of aryl methyl sites for hydroxylation is 1. The summed E-state index contributed by atoms with van der Waals surface area (Å²) in [6, 6.07) is 4.81. The highest BCUT2D eigenvalue weighted by atomic mass is 16.5. The van der Waals surface area contributed by atoms with Crippen molar-refractivity contribution >= 4 is 11.8 Å². The number of methoxy groups -OCH3 is 2. The number of aromatic carboxylic acids is 1. The average Bonchev–Trinajstić information content (AvgIpc) is 2.78. The second-order valence-corrected chi connectivity index (χ2v) is 8.01. The van der Waals surface area contributed by atoms with E-state index in [0.29, 0.717) is 47.8 Å². The van der Waals surface area contributed by atoms with Gasteiger partial charge in [0.05, 0.1) is 20.8 Å². The molecule has 33 heavy (non-hydrogen) atoms. The van der Waals surface area contributed by atoms with Crippen molar-refractivity contribution in [2.75, 3.05) is 20.8 Å². The first-order chi connectivity index (χ1) is 15.8. The molecule has 0 unspecified atom stereocenters. The van der Waals surface area contributed by atoms with Gasteiger partial charge in [-0.2, -0.15) is 0 Å². The summed E-state index contributed by atoms with van der Waals surface area (Å²) in [7, 11) is 3.15. The lowest BCUT2D eigenvalue weighted by Gasteiger charge is -2.16. The van der Waals surface area contributed by atoms with Crippen LogP contribution < -0.4 is 14.2 Å². The van der Waals surface area contributed by atoms with Gasteiger partial charge in [-0.25, -0.2) is 4.79 Å². The Balaban J connectivity index is 1.91. The summed E-state index contributed by atoms with van der Waals surface area (Å²) < 4.78 is 16.7. The Hall–Kier alpha value is -3.22. The first-order valence-electron chi connectivity index (χ1n) is 11.2. The third-order valence-electron chi connectivity index (χ3n) is 5.65. The molecule has 0 saturated heterocycles. The largest absolute Gasteiger partial charge is 0.507 e. The highest BCUT2D eigenvalue weighted by molar-refractivity contribution is 5.98. The van der Waals surface area contributed by atoms with Crippen LogP contribution in [-0.4, -0.2) is 42.8 Å². The molecule has 0 aromatic heterocycles. The van der Waals surface area contributed by atoms with E-state index in [0.717, 1.165) is 36.8 Å². The number of carbonyl (C=O) groups is 2. The molecular formula is C26H34O7. The summed E-state index contributed by atoms with van der Waals surface area (Å²) in [5.41, 5.74) is 2.69. The number of hydrogen-bond acceptors (Lipinski definition) is 6. The van der Waals surface area contributed by atoms with E-state index in [2.05, 4.69) is 0 Å². The fourth-order valence-corrected chi connectivity index (χ4v) is 3.95. The van der Waals surface area contributed by atoms with Crippen molar-refractivity contribution in [3.8, 4) is 23.0 Å². The molecule has 0 aliphatic carbocycles. The zero-order chi connectivity index (χ0) is 24.5. The van der Waals surface area contributed by atoms with Crippen LogP contribution >= 0.6 is 0 Å². The lowest BCUT2D eigenvalue weighted by molar-refractivity contribution is 0.0693. The summed E-state index contributed by atoms with van der Waals surface area (Å²) in [5.74, 6) is 0.417. The number of rotatable bonds is 13. The molecule has 0 aliphatic rings. The van der Waals surface area contributed by atoms with Gasteiger partial charge in [0, 0.05) is 23.1 Å². The molecule has 0 fully saturated rings. The summed E-state index contributed by atoms with van der Waals surface area (Å²) in [5, 5.41) is 19.5. The fourth-order valence-electron chi connectivity index (χ4n) is 3.95. The Morgan fingerprint density at radius 1 is 0.970 bits per heavy atom. The average molecular weight is 459 g/mol. The van der Waals surface area contributed by atoms with Gasteiger partial charge in [0.2, 0.25) is 0 Å². The van der Waals surface area contributed by atoms with Gasteiger partial charge in [-0.15, -0.1) is 0 Å². The number of hydrogen-bond donors (Lipinski definition) is 2. The molecule has 2 aromatic rings. The third-order valence-corrected chi connectivity index (χ3v) is 5.65. The van der Waals surface area contributed by atoms with Crippen molar-refractivity contribution in [2.24, 2.45) is 0 Å². The maximum atomic E-state index is 12.8. The minimum absolute atomic E-state index is 0.0666. The van der Waals surface area contributed by atoms with Crippen LogP contribution in [0.5, 0.6) is 23.0 Å². The lowest BCUT2D eigenvalue weighted by atomic mass is 9.96. The van der Waals surface area contributed by atoms with E-state index in [1.807, 2.05) is 26.8 Å². The van der Waals surface area contributed by atoms with Gasteiger partial charge in [0.1, 0.15) is 17.1 Å². The van der Waals surface area contributed by atoms with Crippen LogP contribution in [0.4, 0.5) is 0 Å². The van der Waals surface area contributed by atoms with Gasteiger partial charge in [-0.05, 0) is 63.3 Å². The smallest absolute Gasteiger partial charge is 0.339 e. The molecule has 180 valence electrons. The van der Waals surface area contributed by atoms with Gasteiger partial charge in [-0.1, -0.05) is 13.3 Å². The number of phenols is 1. The van der Waals surface area contributed by atoms with Gasteiger partial charge in [0.25, 0.3) is 0 Å². The Morgan fingerprint density at radius 3 is 2.27 bits per heavy atom. The number of ketones is 1. The van der Waals surface area contributed by atoms with E-state index >= 15 is 0 Å². The molecule has 2 aromatic carbocycles. The van der Waals surface area contributed by atoms with E-state index in [4.69, 9.17) is 14.2 Å². The fraction of sp³-hybridized carbons (Fsp3) is 0.462. The maximum absolute atomic E-state index is 12.8. The minimum atomic E-state index is -1.17. The van der Waals surface area contributed by atoms with Crippen LogP contribution in [-0.2, 0) is 6.42 Å². The van der Waals surface area contributed by atoms with E-state index in [1.165, 1.54) is 6.07 Å². The molecule has 0 heterocycles. The van der Waals surface area contributed by atoms with Crippen LogP contribution in [0.25, 0.3) is 0 Å². The standard InChI is InChI=1S/C26H34O7/c1-6-10-18-22(13-12-19(23(18)28)26(29)30)33-14-9-7-8-11-21(27)20-15-16(2)24(31-4)25(32-5)17(20)3/h12-13,15,28H,6-11,14H2,1-5H3,(H,29,30). The molecule has 0 bridgehead atoms. The monoisotopic (exact) mass is 458 g/mol. The number of Topliss-reactive ketones (excluding diaryl/α,β-unsaturated/α-hetero) is 1. The number of carbonyl (C=O) groups excluding carboxylic acids is 1. The van der Waals surface area contributed by atoms with Gasteiger partial charge in [-0.3, -0.25) is 4.79 Å². The number of carboxylic acids is 1. The zero-order valence-electron chi connectivity index (χ0n) is 20.1. The molecule has 7 nitrogen and oxygen atoms in total. The molecule has 0 radical (unpaired) electrons. The van der Waals surface area contributed by atoms with Gasteiger partial charge in [0.15, 0.2) is 17.3 Å². The van der Waals surface area contributed by atoms with Crippen LogP contribution in [0.2, 0.25) is 0 Å². The molecule has 0 amide bonds. The normalized spacial score (nSPS) is 10.7. The molecule has 2 rings (SSSR count). The summed E-state index contributed by atoms with van der Waals surface area (Å²) in [4.78, 5) is 24.0. The molecule has 0 atom stereocenters. The van der Waals surface area contributed by atoms with Crippen molar-refractivity contribution in [1.29, 1.82) is 0 Å². The Kier molecular flexibility index (Phi) is 9.57. The molecule has 2 N–H and O–H groups in total. The van der Waals surface area contributed by atoms with Crippen LogP contribution in [0, 0.1) is 13.8 Å². The third kappa shape index (κ3) is 6.18. The number of ether oxygens (including phenoxy) is 3. The maximum Gasteiger partial charge on any atom is 0.339 e. The molecule has 0 saturated carbocycles. The second kappa shape index (κ2) is 12.1. The molecule has 0 aliphatic heterocycles. The summed E-state index contributed by atoms with van der Waals surface area (Å²) in [6.45, 7) is 6.13. The van der Waals surface area contributed by atoms with Crippen molar-refractivity contribution in [2.45, 2.75) is 59.3 Å². The molecule has 7 heteroatoms. The SMILES string of the molecule is CCCc1c(OCCCCCC(=O)c2cc(C)c(OC)c(OC)c2C)ccc(C(=O)O)c1O. The number of benzene rings is 2. The summed E-state index contributed by atoms with van der Waals surface area (Å²) >= 11 is 0. The van der Waals surface area contributed by atoms with Crippen LogP contribution in [0.15, 0.2) is 18.2 Å². The Morgan fingerprint density at radius 2 is 1.67 bits per heavy atom.